The molecule has 1 atom stereocenters. The smallest absolute Gasteiger partial charge is 0.0702 e. The van der Waals surface area contributed by atoms with Crippen LogP contribution in [0.1, 0.15) is 12.0 Å². The number of hydrogen-bond acceptors (Lipinski definition) is 1. The number of hydrogen-bond donors (Lipinski definition) is 0. The summed E-state index contributed by atoms with van der Waals surface area (Å²) in [5, 5.41) is 0. The van der Waals surface area contributed by atoms with Gasteiger partial charge in [-0.25, -0.2) is 0 Å². The molecule has 0 bridgehead atoms. The van der Waals surface area contributed by atoms with Gasteiger partial charge in [0.1, 0.15) is 0 Å². The third kappa shape index (κ3) is 1.65. The highest BCUT2D eigenvalue weighted by Gasteiger charge is 2.16. The van der Waals surface area contributed by atoms with Crippen LogP contribution in [-0.4, -0.2) is 5.71 Å². The Morgan fingerprint density at radius 1 is 1.12 bits per heavy atom. The van der Waals surface area contributed by atoms with Crippen molar-refractivity contribution in [3.8, 4) is 0 Å². The highest BCUT2D eigenvalue weighted by molar-refractivity contribution is 6.09. The van der Waals surface area contributed by atoms with Gasteiger partial charge in [0.05, 0.1) is 5.71 Å². The van der Waals surface area contributed by atoms with Gasteiger partial charge in [-0.2, -0.15) is 0 Å². The van der Waals surface area contributed by atoms with Crippen molar-refractivity contribution < 1.29 is 0 Å². The summed E-state index contributed by atoms with van der Waals surface area (Å²) in [6.45, 7) is 0. The second-order valence-electron chi connectivity index (χ2n) is 4.08. The van der Waals surface area contributed by atoms with Crippen molar-refractivity contribution in [1.82, 2.24) is 0 Å². The molecule has 0 spiro atoms. The summed E-state index contributed by atoms with van der Waals surface area (Å²) in [5.74, 6) is 0.484. The number of rotatable bonds is 1. The summed E-state index contributed by atoms with van der Waals surface area (Å²) in [7, 11) is 0. The topological polar surface area (TPSA) is 12.4 Å². The minimum Gasteiger partial charge on any atom is -0.252 e. The number of fused-ring (bicyclic) bond motifs is 1. The molecule has 1 heterocycles. The van der Waals surface area contributed by atoms with Crippen LogP contribution in [0, 0.1) is 5.92 Å². The lowest BCUT2D eigenvalue weighted by Crippen LogP contribution is -2.10. The van der Waals surface area contributed by atoms with Crippen LogP contribution in [0.4, 0.5) is 0 Å². The van der Waals surface area contributed by atoms with Crippen LogP contribution in [0.15, 0.2) is 71.4 Å². The van der Waals surface area contributed by atoms with Crippen molar-refractivity contribution in [2.75, 3.05) is 0 Å². The molecule has 1 aliphatic heterocycles. The molecule has 1 aromatic rings. The van der Waals surface area contributed by atoms with E-state index in [0.717, 1.165) is 12.1 Å². The molecule has 16 heavy (non-hydrogen) atoms. The summed E-state index contributed by atoms with van der Waals surface area (Å²) in [6.07, 6.45) is 11.9. The number of aliphatic imine (C=N–C) groups is 1. The summed E-state index contributed by atoms with van der Waals surface area (Å²) < 4.78 is 0. The predicted molar refractivity (Wildman–Crippen MR) is 67.4 cm³/mol. The van der Waals surface area contributed by atoms with Gasteiger partial charge >= 0.3 is 0 Å². The van der Waals surface area contributed by atoms with Gasteiger partial charge in [0.25, 0.3) is 0 Å². The van der Waals surface area contributed by atoms with Crippen molar-refractivity contribution in [2.45, 2.75) is 6.42 Å². The molecular weight excluding hydrogens is 194 g/mol. The van der Waals surface area contributed by atoms with E-state index in [9.17, 15) is 0 Å². The fourth-order valence-corrected chi connectivity index (χ4v) is 2.09. The Kier molecular flexibility index (Phi) is 2.30. The Morgan fingerprint density at radius 3 is 2.88 bits per heavy atom. The fraction of sp³-hybridized carbons (Fsp3) is 0.133. The zero-order valence-electron chi connectivity index (χ0n) is 9.01. The summed E-state index contributed by atoms with van der Waals surface area (Å²) in [5.41, 5.74) is 3.44. The van der Waals surface area contributed by atoms with Crippen molar-refractivity contribution in [1.29, 1.82) is 0 Å². The van der Waals surface area contributed by atoms with Crippen LogP contribution in [0.5, 0.6) is 0 Å². The second-order valence-corrected chi connectivity index (χ2v) is 4.08. The molecule has 1 nitrogen and oxygen atoms in total. The molecule has 0 N–H and O–H groups in total. The Bertz CT molecular complexity index is 503. The number of allylic oxidation sites excluding steroid dienone is 5. The van der Waals surface area contributed by atoms with E-state index in [0.29, 0.717) is 5.92 Å². The van der Waals surface area contributed by atoms with Crippen LogP contribution in [0.25, 0.3) is 0 Å². The van der Waals surface area contributed by atoms with Crippen molar-refractivity contribution in [3.05, 3.63) is 72.0 Å². The number of dihydropyridines is 1. The molecule has 78 valence electrons. The average Bonchev–Trinajstić information content (AvgIpc) is 2.39. The van der Waals surface area contributed by atoms with E-state index in [4.69, 9.17) is 4.99 Å². The highest BCUT2D eigenvalue weighted by Crippen LogP contribution is 2.27. The van der Waals surface area contributed by atoms with Gasteiger partial charge in [-0.15, -0.1) is 0 Å². The Hall–Kier alpha value is -1.89. The molecule has 1 aromatic carbocycles. The maximum Gasteiger partial charge on any atom is 0.0702 e. The lowest BCUT2D eigenvalue weighted by molar-refractivity contribution is 0.748. The van der Waals surface area contributed by atoms with Crippen molar-refractivity contribution in [3.63, 3.8) is 0 Å². The van der Waals surface area contributed by atoms with Gasteiger partial charge in [0.2, 0.25) is 0 Å². The summed E-state index contributed by atoms with van der Waals surface area (Å²) >= 11 is 0. The highest BCUT2D eigenvalue weighted by atomic mass is 14.8. The van der Waals surface area contributed by atoms with E-state index in [1.807, 2.05) is 18.2 Å². The molecule has 0 saturated heterocycles. The average molecular weight is 207 g/mol. The summed E-state index contributed by atoms with van der Waals surface area (Å²) in [6, 6.07) is 10.3. The van der Waals surface area contributed by atoms with E-state index in [1.54, 1.807) is 0 Å². The molecule has 1 aliphatic carbocycles. The van der Waals surface area contributed by atoms with Crippen molar-refractivity contribution in [2.24, 2.45) is 10.9 Å². The van der Waals surface area contributed by atoms with Gasteiger partial charge in [0.15, 0.2) is 0 Å². The van der Waals surface area contributed by atoms with Gasteiger partial charge < -0.3 is 0 Å². The number of benzene rings is 1. The Labute approximate surface area is 95.5 Å². The molecule has 1 heteroatoms. The molecule has 0 aromatic heterocycles. The summed E-state index contributed by atoms with van der Waals surface area (Å²) in [4.78, 5) is 4.71. The van der Waals surface area contributed by atoms with Gasteiger partial charge in [0, 0.05) is 17.2 Å². The van der Waals surface area contributed by atoms with E-state index >= 15 is 0 Å². The first-order valence-corrected chi connectivity index (χ1v) is 5.62. The second kappa shape index (κ2) is 3.93. The number of nitrogens with zero attached hydrogens (tertiary/aromatic N) is 1. The predicted octanol–water partition coefficient (Wildman–Crippen LogP) is 3.51. The van der Waals surface area contributed by atoms with Gasteiger partial charge in [-0.05, 0) is 18.6 Å². The maximum atomic E-state index is 4.71. The largest absolute Gasteiger partial charge is 0.252 e. The van der Waals surface area contributed by atoms with Crippen molar-refractivity contribution >= 4 is 5.71 Å². The monoisotopic (exact) mass is 207 g/mol. The minimum absolute atomic E-state index is 0.484. The van der Waals surface area contributed by atoms with Crippen LogP contribution in [0.3, 0.4) is 0 Å². The lowest BCUT2D eigenvalue weighted by atomic mass is 9.93. The molecule has 2 aliphatic rings. The first-order chi connectivity index (χ1) is 7.93. The van der Waals surface area contributed by atoms with Crippen LogP contribution < -0.4 is 0 Å². The van der Waals surface area contributed by atoms with Crippen LogP contribution in [-0.2, 0) is 0 Å². The molecule has 3 rings (SSSR count). The van der Waals surface area contributed by atoms with E-state index in [-0.39, 0.29) is 0 Å². The molecular formula is C15H13N. The van der Waals surface area contributed by atoms with E-state index in [2.05, 4.69) is 42.5 Å². The van der Waals surface area contributed by atoms with Crippen LogP contribution >= 0.6 is 0 Å². The Balaban J connectivity index is 1.99. The lowest BCUT2D eigenvalue weighted by Gasteiger charge is -2.19. The molecule has 0 fully saturated rings. The standard InChI is InChI=1S/C15H13N/c1-2-6-12(7-3-1)15-11-10-13-8-4-5-9-14(13)16-15/h1-7,9-11,13H,8H2. The first-order valence-electron chi connectivity index (χ1n) is 5.62. The van der Waals surface area contributed by atoms with Gasteiger partial charge in [-0.3, -0.25) is 4.99 Å². The third-order valence-corrected chi connectivity index (χ3v) is 2.98. The quantitative estimate of drug-likeness (QED) is 0.668. The fourth-order valence-electron chi connectivity index (χ4n) is 2.09. The van der Waals surface area contributed by atoms with E-state index in [1.165, 1.54) is 11.3 Å². The zero-order valence-corrected chi connectivity index (χ0v) is 9.01. The van der Waals surface area contributed by atoms with Crippen LogP contribution in [0.2, 0.25) is 0 Å². The third-order valence-electron chi connectivity index (χ3n) is 2.98. The zero-order chi connectivity index (χ0) is 10.8. The first kappa shape index (κ1) is 9.34. The maximum absolute atomic E-state index is 4.71. The Morgan fingerprint density at radius 2 is 2.00 bits per heavy atom. The van der Waals surface area contributed by atoms with E-state index < -0.39 is 0 Å². The SMILES string of the molecule is C1=CCC2C=CC(c3ccccc3)=NC2=C1. The van der Waals surface area contributed by atoms with Gasteiger partial charge in [-0.1, -0.05) is 48.6 Å². The molecule has 0 saturated carbocycles. The molecule has 1 unspecified atom stereocenters. The molecule has 0 radical (unpaired) electrons. The molecule has 0 amide bonds. The minimum atomic E-state index is 0.484. The normalized spacial score (nSPS) is 22.4.